The second kappa shape index (κ2) is 4.19. The van der Waals surface area contributed by atoms with Gasteiger partial charge in [0.25, 0.3) is 0 Å². The summed E-state index contributed by atoms with van der Waals surface area (Å²) in [6, 6.07) is 10.1. The first-order valence-corrected chi connectivity index (χ1v) is 5.20. The first-order chi connectivity index (χ1) is 7.72. The highest BCUT2D eigenvalue weighted by Crippen LogP contribution is 2.16. The third-order valence-corrected chi connectivity index (χ3v) is 2.73. The Labute approximate surface area is 94.9 Å². The molecule has 3 nitrogen and oxygen atoms in total. The van der Waals surface area contributed by atoms with Crippen LogP contribution >= 0.6 is 0 Å². The number of hydrogen-bond acceptors (Lipinski definition) is 2. The van der Waals surface area contributed by atoms with Crippen molar-refractivity contribution in [1.29, 1.82) is 5.26 Å². The number of nitrogens with zero attached hydrogens (tertiary/aromatic N) is 3. The predicted octanol–water partition coefficient (Wildman–Crippen LogP) is 2.56. The van der Waals surface area contributed by atoms with Gasteiger partial charge in [0.2, 0.25) is 0 Å². The van der Waals surface area contributed by atoms with Gasteiger partial charge in [-0.1, -0.05) is 12.1 Å². The number of aryl methyl sites for hydroxylation is 1. The average molecular weight is 211 g/mol. The van der Waals surface area contributed by atoms with Crippen molar-refractivity contribution < 1.29 is 0 Å². The molecule has 0 saturated heterocycles. The van der Waals surface area contributed by atoms with Crippen LogP contribution < -0.4 is 0 Å². The van der Waals surface area contributed by atoms with Gasteiger partial charge in [0.15, 0.2) is 0 Å². The van der Waals surface area contributed by atoms with Gasteiger partial charge in [0, 0.05) is 6.20 Å². The van der Waals surface area contributed by atoms with E-state index in [1.807, 2.05) is 29.1 Å². The SMILES string of the molecule is Cc1cccc(-n2ccc(CC#N)n2)c1C. The van der Waals surface area contributed by atoms with Gasteiger partial charge in [-0.3, -0.25) is 0 Å². The summed E-state index contributed by atoms with van der Waals surface area (Å²) in [6.45, 7) is 4.16. The third-order valence-electron chi connectivity index (χ3n) is 2.73. The lowest BCUT2D eigenvalue weighted by Crippen LogP contribution is -1.99. The van der Waals surface area contributed by atoms with Gasteiger partial charge in [-0.25, -0.2) is 4.68 Å². The molecular weight excluding hydrogens is 198 g/mol. The van der Waals surface area contributed by atoms with Crippen LogP contribution in [0.5, 0.6) is 0 Å². The van der Waals surface area contributed by atoms with Crippen LogP contribution in [0.25, 0.3) is 5.69 Å². The number of rotatable bonds is 2. The largest absolute Gasteiger partial charge is 0.240 e. The van der Waals surface area contributed by atoms with Crippen molar-refractivity contribution in [2.24, 2.45) is 0 Å². The van der Waals surface area contributed by atoms with E-state index in [9.17, 15) is 0 Å². The molecular formula is C13H13N3. The van der Waals surface area contributed by atoms with Gasteiger partial charge >= 0.3 is 0 Å². The van der Waals surface area contributed by atoms with Crippen LogP contribution in [0.4, 0.5) is 0 Å². The van der Waals surface area contributed by atoms with Crippen molar-refractivity contribution in [3.05, 3.63) is 47.3 Å². The van der Waals surface area contributed by atoms with Crippen molar-refractivity contribution in [1.82, 2.24) is 9.78 Å². The minimum Gasteiger partial charge on any atom is -0.240 e. The van der Waals surface area contributed by atoms with E-state index in [0.717, 1.165) is 11.4 Å². The van der Waals surface area contributed by atoms with Gasteiger partial charge in [-0.15, -0.1) is 0 Å². The van der Waals surface area contributed by atoms with E-state index < -0.39 is 0 Å². The summed E-state index contributed by atoms with van der Waals surface area (Å²) in [5.74, 6) is 0. The van der Waals surface area contributed by atoms with Gasteiger partial charge in [0.1, 0.15) is 0 Å². The van der Waals surface area contributed by atoms with Crippen LogP contribution in [0.1, 0.15) is 16.8 Å². The summed E-state index contributed by atoms with van der Waals surface area (Å²) in [5.41, 5.74) is 4.34. The van der Waals surface area contributed by atoms with Gasteiger partial charge in [-0.2, -0.15) is 10.4 Å². The zero-order valence-corrected chi connectivity index (χ0v) is 9.44. The predicted molar refractivity (Wildman–Crippen MR) is 62.4 cm³/mol. The maximum atomic E-state index is 8.60. The molecule has 2 aromatic rings. The first-order valence-electron chi connectivity index (χ1n) is 5.20. The lowest BCUT2D eigenvalue weighted by Gasteiger charge is -2.07. The molecule has 1 heterocycles. The molecule has 0 bridgehead atoms. The summed E-state index contributed by atoms with van der Waals surface area (Å²) in [6.07, 6.45) is 2.26. The van der Waals surface area contributed by atoms with Crippen molar-refractivity contribution >= 4 is 0 Å². The van der Waals surface area contributed by atoms with E-state index in [4.69, 9.17) is 5.26 Å². The Balaban J connectivity index is 2.43. The standard InChI is InChI=1S/C13H13N3/c1-10-4-3-5-13(11(10)2)16-9-7-12(15-16)6-8-14/h3-5,7,9H,6H2,1-2H3. The molecule has 2 rings (SSSR count). The Morgan fingerprint density at radius 3 is 2.88 bits per heavy atom. The van der Waals surface area contributed by atoms with E-state index in [1.54, 1.807) is 0 Å². The molecule has 0 radical (unpaired) electrons. The van der Waals surface area contributed by atoms with Crippen molar-refractivity contribution in [2.75, 3.05) is 0 Å². The zero-order valence-electron chi connectivity index (χ0n) is 9.44. The maximum Gasteiger partial charge on any atom is 0.0793 e. The van der Waals surface area contributed by atoms with Crippen LogP contribution in [-0.2, 0) is 6.42 Å². The molecule has 1 aromatic heterocycles. The Morgan fingerprint density at radius 1 is 1.31 bits per heavy atom. The molecule has 0 fully saturated rings. The van der Waals surface area contributed by atoms with Gasteiger partial charge in [0.05, 0.1) is 23.9 Å². The highest BCUT2D eigenvalue weighted by Gasteiger charge is 2.04. The molecule has 0 aliphatic rings. The summed E-state index contributed by atoms with van der Waals surface area (Å²) >= 11 is 0. The summed E-state index contributed by atoms with van der Waals surface area (Å²) < 4.78 is 1.83. The number of hydrogen-bond donors (Lipinski definition) is 0. The smallest absolute Gasteiger partial charge is 0.0793 e. The first kappa shape index (κ1) is 10.4. The molecule has 80 valence electrons. The molecule has 3 heteroatoms. The van der Waals surface area contributed by atoms with Crippen molar-refractivity contribution in [3.8, 4) is 11.8 Å². The Bertz CT molecular complexity index is 547. The Kier molecular flexibility index (Phi) is 2.74. The Hall–Kier alpha value is -2.08. The van der Waals surface area contributed by atoms with Crippen LogP contribution in [0.2, 0.25) is 0 Å². The second-order valence-corrected chi connectivity index (χ2v) is 3.81. The molecule has 0 N–H and O–H groups in total. The molecule has 1 aromatic carbocycles. The van der Waals surface area contributed by atoms with E-state index in [2.05, 4.69) is 31.1 Å². The molecule has 0 amide bonds. The van der Waals surface area contributed by atoms with Crippen LogP contribution in [0.15, 0.2) is 30.5 Å². The van der Waals surface area contributed by atoms with Gasteiger partial charge < -0.3 is 0 Å². The molecule has 0 aliphatic carbocycles. The molecule has 0 aliphatic heterocycles. The van der Waals surface area contributed by atoms with Crippen LogP contribution in [-0.4, -0.2) is 9.78 Å². The van der Waals surface area contributed by atoms with Crippen molar-refractivity contribution in [2.45, 2.75) is 20.3 Å². The third kappa shape index (κ3) is 1.82. The fourth-order valence-electron chi connectivity index (χ4n) is 1.65. The highest BCUT2D eigenvalue weighted by atomic mass is 15.3. The highest BCUT2D eigenvalue weighted by molar-refractivity contribution is 5.44. The van der Waals surface area contributed by atoms with E-state index in [-0.39, 0.29) is 0 Å². The van der Waals surface area contributed by atoms with Crippen LogP contribution in [0.3, 0.4) is 0 Å². The van der Waals surface area contributed by atoms with E-state index >= 15 is 0 Å². The normalized spacial score (nSPS) is 10.1. The summed E-state index contributed by atoms with van der Waals surface area (Å²) in [5, 5.41) is 13.0. The molecule has 16 heavy (non-hydrogen) atoms. The lowest BCUT2D eigenvalue weighted by molar-refractivity contribution is 0.845. The average Bonchev–Trinajstić information content (AvgIpc) is 2.71. The lowest BCUT2D eigenvalue weighted by atomic mass is 10.1. The van der Waals surface area contributed by atoms with Crippen LogP contribution in [0, 0.1) is 25.2 Å². The van der Waals surface area contributed by atoms with Crippen molar-refractivity contribution in [3.63, 3.8) is 0 Å². The van der Waals surface area contributed by atoms with E-state index in [0.29, 0.717) is 6.42 Å². The fraction of sp³-hybridized carbons (Fsp3) is 0.231. The minimum absolute atomic E-state index is 0.359. The number of nitriles is 1. The quantitative estimate of drug-likeness (QED) is 0.766. The minimum atomic E-state index is 0.359. The topological polar surface area (TPSA) is 41.6 Å². The van der Waals surface area contributed by atoms with Gasteiger partial charge in [-0.05, 0) is 37.1 Å². The zero-order chi connectivity index (χ0) is 11.5. The second-order valence-electron chi connectivity index (χ2n) is 3.81. The van der Waals surface area contributed by atoms with E-state index in [1.165, 1.54) is 11.1 Å². The summed E-state index contributed by atoms with van der Waals surface area (Å²) in [4.78, 5) is 0. The maximum absolute atomic E-state index is 8.60. The fourth-order valence-corrected chi connectivity index (χ4v) is 1.65. The monoisotopic (exact) mass is 211 g/mol. The number of aromatic nitrogens is 2. The Morgan fingerprint density at radius 2 is 2.12 bits per heavy atom. The molecule has 0 saturated carbocycles. The molecule has 0 spiro atoms. The number of benzene rings is 1. The summed E-state index contributed by atoms with van der Waals surface area (Å²) in [7, 11) is 0. The molecule has 0 atom stereocenters. The molecule has 0 unspecified atom stereocenters.